The number of aliphatic hydroxyl groups is 1. The van der Waals surface area contributed by atoms with Crippen molar-refractivity contribution < 1.29 is 24.2 Å². The van der Waals surface area contributed by atoms with Gasteiger partial charge in [0.05, 0.1) is 18.2 Å². The van der Waals surface area contributed by atoms with Crippen LogP contribution in [0, 0.1) is 0 Å². The zero-order valence-electron chi connectivity index (χ0n) is 12.7. The molecule has 0 radical (unpaired) electrons. The molecule has 0 aromatic heterocycles. The molecule has 1 heterocycles. The number of amides is 1. The van der Waals surface area contributed by atoms with E-state index in [0.29, 0.717) is 5.56 Å². The lowest BCUT2D eigenvalue weighted by Gasteiger charge is -2.25. The number of carbonyl (C=O) groups excluding carboxylic acids is 3. The summed E-state index contributed by atoms with van der Waals surface area (Å²) in [4.78, 5) is 37.0. The highest BCUT2D eigenvalue weighted by Gasteiger charge is 2.43. The van der Waals surface area contributed by atoms with Gasteiger partial charge in [0.15, 0.2) is 11.5 Å². The number of hydrogen-bond acceptors (Lipinski definition) is 5. The van der Waals surface area contributed by atoms with Crippen LogP contribution in [0.25, 0.3) is 0 Å². The van der Waals surface area contributed by atoms with E-state index in [2.05, 4.69) is 15.9 Å². The molecule has 1 aromatic carbocycles. The number of hydrogen-bond donors (Lipinski definition) is 1. The average molecular weight is 382 g/mol. The number of Topliss-reactive ketones (excluding diaryl/α,β-unsaturated/α-hetero) is 1. The number of aliphatic hydroxyl groups excluding tert-OH is 1. The van der Waals surface area contributed by atoms with Crippen molar-refractivity contribution >= 4 is 33.6 Å². The normalized spacial score (nSPS) is 17.6. The molecule has 0 spiro atoms. The van der Waals surface area contributed by atoms with Crippen LogP contribution in [-0.2, 0) is 19.1 Å². The number of esters is 1. The summed E-state index contributed by atoms with van der Waals surface area (Å²) in [5.74, 6) is -2.39. The molecule has 0 bridgehead atoms. The molecule has 1 N–H and O–H groups in total. The zero-order chi connectivity index (χ0) is 17.1. The summed E-state index contributed by atoms with van der Waals surface area (Å²) >= 11 is 3.31. The predicted molar refractivity (Wildman–Crippen MR) is 85.6 cm³/mol. The number of carbonyl (C=O) groups is 3. The molecule has 0 saturated carbocycles. The van der Waals surface area contributed by atoms with Gasteiger partial charge in [-0.05, 0) is 31.5 Å². The number of benzene rings is 1. The highest BCUT2D eigenvalue weighted by Crippen LogP contribution is 2.37. The third-order valence-corrected chi connectivity index (χ3v) is 4.00. The van der Waals surface area contributed by atoms with Gasteiger partial charge in [-0.15, -0.1) is 0 Å². The first kappa shape index (κ1) is 17.2. The molecule has 122 valence electrons. The van der Waals surface area contributed by atoms with E-state index < -0.39 is 29.5 Å². The Bertz CT molecular complexity index is 680. The minimum absolute atomic E-state index is 0.0124. The third-order valence-electron chi connectivity index (χ3n) is 3.47. The molecule has 0 fully saturated rings. The van der Waals surface area contributed by atoms with Crippen molar-refractivity contribution in [2.45, 2.75) is 19.9 Å². The molecule has 2 rings (SSSR count). The number of halogens is 1. The Hall–Kier alpha value is -2.15. The van der Waals surface area contributed by atoms with E-state index in [0.717, 1.165) is 9.37 Å². The molecule has 0 saturated heterocycles. The molecule has 1 aliphatic heterocycles. The second-order valence-electron chi connectivity index (χ2n) is 5.01. The van der Waals surface area contributed by atoms with Crippen molar-refractivity contribution in [2.75, 3.05) is 13.2 Å². The van der Waals surface area contributed by atoms with Gasteiger partial charge in [0.25, 0.3) is 5.91 Å². The molecule has 1 amide bonds. The smallest absolute Gasteiger partial charge is 0.325 e. The maximum atomic E-state index is 12.3. The molecule has 1 aromatic rings. The van der Waals surface area contributed by atoms with Crippen molar-refractivity contribution in [3.63, 3.8) is 0 Å². The van der Waals surface area contributed by atoms with Crippen molar-refractivity contribution in [1.82, 2.24) is 4.90 Å². The summed E-state index contributed by atoms with van der Waals surface area (Å²) in [6, 6.07) is 6.16. The first-order chi connectivity index (χ1) is 10.9. The zero-order valence-corrected chi connectivity index (χ0v) is 14.3. The van der Waals surface area contributed by atoms with E-state index in [-0.39, 0.29) is 18.7 Å². The first-order valence-corrected chi connectivity index (χ1v) is 7.82. The fourth-order valence-corrected chi connectivity index (χ4v) is 2.78. The third kappa shape index (κ3) is 3.44. The highest BCUT2D eigenvalue weighted by atomic mass is 79.9. The Balaban J connectivity index is 2.44. The van der Waals surface area contributed by atoms with Crippen LogP contribution < -0.4 is 0 Å². The van der Waals surface area contributed by atoms with Crippen molar-refractivity contribution in [2.24, 2.45) is 0 Å². The van der Waals surface area contributed by atoms with Gasteiger partial charge in [-0.2, -0.15) is 0 Å². The van der Waals surface area contributed by atoms with Crippen molar-refractivity contribution in [3.05, 3.63) is 45.6 Å². The van der Waals surface area contributed by atoms with Crippen molar-refractivity contribution in [3.8, 4) is 0 Å². The van der Waals surface area contributed by atoms with Gasteiger partial charge in [-0.3, -0.25) is 14.4 Å². The van der Waals surface area contributed by atoms with Gasteiger partial charge in [0.1, 0.15) is 6.54 Å². The molecule has 0 aliphatic carbocycles. The van der Waals surface area contributed by atoms with Crippen LogP contribution in [0.15, 0.2) is 40.1 Å². The van der Waals surface area contributed by atoms with Crippen molar-refractivity contribution in [1.29, 1.82) is 0 Å². The van der Waals surface area contributed by atoms with E-state index in [4.69, 9.17) is 4.74 Å². The van der Waals surface area contributed by atoms with Crippen LogP contribution in [-0.4, -0.2) is 40.8 Å². The van der Waals surface area contributed by atoms with Crippen LogP contribution >= 0.6 is 15.9 Å². The Labute approximate surface area is 141 Å². The maximum absolute atomic E-state index is 12.3. The Kier molecular flexibility index (Phi) is 5.20. The van der Waals surface area contributed by atoms with Crippen LogP contribution in [0.1, 0.15) is 25.5 Å². The second-order valence-corrected chi connectivity index (χ2v) is 5.93. The predicted octanol–water partition coefficient (Wildman–Crippen LogP) is 2.30. The Morgan fingerprint density at radius 3 is 2.43 bits per heavy atom. The summed E-state index contributed by atoms with van der Waals surface area (Å²) in [6.45, 7) is 2.78. The molecule has 1 aliphatic rings. The molecule has 0 unspecified atom stereocenters. The maximum Gasteiger partial charge on any atom is 0.325 e. The largest absolute Gasteiger partial charge is 0.503 e. The standard InChI is InChI=1S/C16H16BrNO5/c1-3-23-12(20)8-18-14(10-4-6-11(17)7-5-10)13(9(2)19)15(21)16(18)22/h4-7,14,21H,3,8H2,1-2H3/t14-/m1/s1. The summed E-state index contributed by atoms with van der Waals surface area (Å²) in [7, 11) is 0. The van der Waals surface area contributed by atoms with E-state index in [1.807, 2.05) is 0 Å². The van der Waals surface area contributed by atoms with E-state index in [9.17, 15) is 19.5 Å². The van der Waals surface area contributed by atoms with E-state index in [1.54, 1.807) is 31.2 Å². The molecule has 6 nitrogen and oxygen atoms in total. The Morgan fingerprint density at radius 2 is 1.91 bits per heavy atom. The van der Waals surface area contributed by atoms with Gasteiger partial charge in [-0.25, -0.2) is 0 Å². The molecular weight excluding hydrogens is 366 g/mol. The summed E-state index contributed by atoms with van der Waals surface area (Å²) < 4.78 is 5.69. The van der Waals surface area contributed by atoms with Gasteiger partial charge < -0.3 is 14.7 Å². The topological polar surface area (TPSA) is 83.9 Å². The van der Waals surface area contributed by atoms with Crippen LogP contribution in [0.2, 0.25) is 0 Å². The SMILES string of the molecule is CCOC(=O)CN1C(=O)C(O)=C(C(C)=O)[C@H]1c1ccc(Br)cc1. The van der Waals surface area contributed by atoms with Gasteiger partial charge >= 0.3 is 5.97 Å². The summed E-state index contributed by atoms with van der Waals surface area (Å²) in [5.41, 5.74) is 0.613. The van der Waals surface area contributed by atoms with Gasteiger partial charge in [0, 0.05) is 4.47 Å². The summed E-state index contributed by atoms with van der Waals surface area (Å²) in [6.07, 6.45) is 0. The average Bonchev–Trinajstić information content (AvgIpc) is 2.73. The minimum Gasteiger partial charge on any atom is -0.503 e. The van der Waals surface area contributed by atoms with E-state index in [1.165, 1.54) is 6.92 Å². The first-order valence-electron chi connectivity index (χ1n) is 7.03. The monoisotopic (exact) mass is 381 g/mol. The molecule has 23 heavy (non-hydrogen) atoms. The lowest BCUT2D eigenvalue weighted by Crippen LogP contribution is -2.36. The summed E-state index contributed by atoms with van der Waals surface area (Å²) in [5, 5.41) is 10.0. The van der Waals surface area contributed by atoms with Crippen LogP contribution in [0.4, 0.5) is 0 Å². The number of ether oxygens (including phenoxy) is 1. The lowest BCUT2D eigenvalue weighted by atomic mass is 9.97. The van der Waals surface area contributed by atoms with Crippen LogP contribution in [0.3, 0.4) is 0 Å². The number of ketones is 1. The molecule has 7 heteroatoms. The Morgan fingerprint density at radius 1 is 1.30 bits per heavy atom. The lowest BCUT2D eigenvalue weighted by molar-refractivity contribution is -0.148. The fourth-order valence-electron chi connectivity index (χ4n) is 2.51. The van der Waals surface area contributed by atoms with Crippen LogP contribution in [0.5, 0.6) is 0 Å². The molecule has 1 atom stereocenters. The fraction of sp³-hybridized carbons (Fsp3) is 0.312. The number of nitrogens with zero attached hydrogens (tertiary/aromatic N) is 1. The second kappa shape index (κ2) is 6.95. The highest BCUT2D eigenvalue weighted by molar-refractivity contribution is 9.10. The van der Waals surface area contributed by atoms with Gasteiger partial charge in [-0.1, -0.05) is 28.1 Å². The minimum atomic E-state index is -0.808. The quantitative estimate of drug-likeness (QED) is 0.791. The molecular formula is C16H16BrNO5. The van der Waals surface area contributed by atoms with E-state index >= 15 is 0 Å². The van der Waals surface area contributed by atoms with Gasteiger partial charge in [0.2, 0.25) is 0 Å². The number of rotatable bonds is 5.